The minimum Gasteiger partial charge on any atom is -0.461 e. The first-order chi connectivity index (χ1) is 19.0. The minimum absolute atomic E-state index is 0.0103. The molecular formula is C29H45NO11. The van der Waals surface area contributed by atoms with Crippen LogP contribution in [0.4, 0.5) is 14.4 Å². The van der Waals surface area contributed by atoms with E-state index in [-0.39, 0.29) is 30.6 Å². The van der Waals surface area contributed by atoms with Crippen molar-refractivity contribution in [1.82, 2.24) is 0 Å². The Labute approximate surface area is 242 Å². The summed E-state index contributed by atoms with van der Waals surface area (Å²) in [7, 11) is 0. The Hall–Kier alpha value is -3.54. The number of hydrogen-bond donors (Lipinski definition) is 1. The van der Waals surface area contributed by atoms with E-state index >= 15 is 0 Å². The van der Waals surface area contributed by atoms with Gasteiger partial charge in [-0.15, -0.1) is 0 Å². The highest BCUT2D eigenvalue weighted by atomic mass is 16.8. The largest absolute Gasteiger partial charge is 0.514 e. The fourth-order valence-electron chi connectivity index (χ4n) is 2.78. The molecule has 232 valence electrons. The zero-order chi connectivity index (χ0) is 31.4. The molecule has 2 N–H and O–H groups in total. The fraction of sp³-hybridized carbons (Fsp3) is 0.655. The first-order valence-corrected chi connectivity index (χ1v) is 13.7. The number of rotatable bonds is 14. The SMILES string of the molecule is CCC(C)OC(=O)O[C@@H](C)COC(=O)[C@@H](N)Cc1ccc(OC(=O)OC(C)(C)CC)c(OC(=O)OC(C)(C)CC)c1. The Morgan fingerprint density at radius 3 is 1.80 bits per heavy atom. The second kappa shape index (κ2) is 16.0. The van der Waals surface area contributed by atoms with Crippen LogP contribution < -0.4 is 15.2 Å². The summed E-state index contributed by atoms with van der Waals surface area (Å²) in [6.45, 7) is 15.5. The molecule has 0 radical (unpaired) electrons. The van der Waals surface area contributed by atoms with Crippen molar-refractivity contribution in [2.45, 2.75) is 117 Å². The topological polar surface area (TPSA) is 159 Å². The molecule has 0 bridgehead atoms. The lowest BCUT2D eigenvalue weighted by Crippen LogP contribution is -2.36. The van der Waals surface area contributed by atoms with Gasteiger partial charge in [0.25, 0.3) is 0 Å². The summed E-state index contributed by atoms with van der Waals surface area (Å²) in [4.78, 5) is 49.1. The second-order valence-corrected chi connectivity index (χ2v) is 10.9. The van der Waals surface area contributed by atoms with Gasteiger partial charge >= 0.3 is 24.4 Å². The number of nitrogens with two attached hydrogens (primary N) is 1. The fourth-order valence-corrected chi connectivity index (χ4v) is 2.78. The molecule has 12 heteroatoms. The molecule has 0 fully saturated rings. The monoisotopic (exact) mass is 583 g/mol. The zero-order valence-corrected chi connectivity index (χ0v) is 25.6. The van der Waals surface area contributed by atoms with Gasteiger partial charge < -0.3 is 38.9 Å². The highest BCUT2D eigenvalue weighted by Crippen LogP contribution is 2.31. The summed E-state index contributed by atoms with van der Waals surface area (Å²) in [5, 5.41) is 0. The Morgan fingerprint density at radius 1 is 0.780 bits per heavy atom. The van der Waals surface area contributed by atoms with Gasteiger partial charge in [0.05, 0.1) is 0 Å². The molecule has 0 heterocycles. The molecule has 0 aliphatic carbocycles. The molecule has 1 aromatic carbocycles. The van der Waals surface area contributed by atoms with E-state index in [1.54, 1.807) is 47.6 Å². The van der Waals surface area contributed by atoms with Gasteiger partial charge in [-0.3, -0.25) is 4.79 Å². The maximum Gasteiger partial charge on any atom is 0.514 e. The van der Waals surface area contributed by atoms with Crippen molar-refractivity contribution in [3.05, 3.63) is 23.8 Å². The van der Waals surface area contributed by atoms with Gasteiger partial charge in [-0.1, -0.05) is 26.8 Å². The molecular weight excluding hydrogens is 538 g/mol. The van der Waals surface area contributed by atoms with Gasteiger partial charge in [0.2, 0.25) is 0 Å². The summed E-state index contributed by atoms with van der Waals surface area (Å²) < 4.78 is 36.6. The lowest BCUT2D eigenvalue weighted by atomic mass is 10.1. The molecule has 0 saturated carbocycles. The maximum absolute atomic E-state index is 12.5. The maximum atomic E-state index is 12.5. The molecule has 12 nitrogen and oxygen atoms in total. The number of carbonyl (C=O) groups is 4. The molecule has 1 aromatic rings. The third-order valence-corrected chi connectivity index (χ3v) is 6.21. The van der Waals surface area contributed by atoms with Crippen LogP contribution in [-0.2, 0) is 34.9 Å². The van der Waals surface area contributed by atoms with Crippen molar-refractivity contribution in [1.29, 1.82) is 0 Å². The van der Waals surface area contributed by atoms with E-state index in [0.717, 1.165) is 0 Å². The smallest absolute Gasteiger partial charge is 0.461 e. The van der Waals surface area contributed by atoms with Crippen LogP contribution in [-0.4, -0.2) is 60.5 Å². The highest BCUT2D eigenvalue weighted by molar-refractivity contribution is 5.76. The summed E-state index contributed by atoms with van der Waals surface area (Å²) in [5.41, 5.74) is 4.94. The van der Waals surface area contributed by atoms with Crippen LogP contribution in [0.5, 0.6) is 11.5 Å². The zero-order valence-electron chi connectivity index (χ0n) is 25.6. The van der Waals surface area contributed by atoms with E-state index in [2.05, 4.69) is 0 Å². The van der Waals surface area contributed by atoms with E-state index in [0.29, 0.717) is 24.8 Å². The third-order valence-electron chi connectivity index (χ3n) is 6.21. The number of ether oxygens (including phenoxy) is 7. The van der Waals surface area contributed by atoms with Gasteiger partial charge in [-0.05, 0) is 84.9 Å². The number of esters is 1. The Balaban J connectivity index is 2.95. The molecule has 0 saturated heterocycles. The van der Waals surface area contributed by atoms with Gasteiger partial charge in [0.1, 0.15) is 36.1 Å². The van der Waals surface area contributed by atoms with Crippen molar-refractivity contribution in [2.24, 2.45) is 5.73 Å². The van der Waals surface area contributed by atoms with Crippen LogP contribution in [0.3, 0.4) is 0 Å². The predicted octanol–water partition coefficient (Wildman–Crippen LogP) is 5.85. The van der Waals surface area contributed by atoms with Gasteiger partial charge in [0.15, 0.2) is 11.5 Å². The summed E-state index contributed by atoms with van der Waals surface area (Å²) >= 11 is 0. The highest BCUT2D eigenvalue weighted by Gasteiger charge is 2.27. The molecule has 3 atom stereocenters. The van der Waals surface area contributed by atoms with Crippen LogP contribution in [0.25, 0.3) is 0 Å². The molecule has 1 rings (SSSR count). The Kier molecular flexibility index (Phi) is 13.9. The summed E-state index contributed by atoms with van der Waals surface area (Å²) in [5.74, 6) is -0.968. The average Bonchev–Trinajstić information content (AvgIpc) is 2.87. The van der Waals surface area contributed by atoms with Gasteiger partial charge in [-0.25, -0.2) is 14.4 Å². The van der Waals surface area contributed by atoms with Crippen molar-refractivity contribution in [2.75, 3.05) is 6.61 Å². The number of carbonyl (C=O) groups excluding carboxylic acids is 4. The predicted molar refractivity (Wildman–Crippen MR) is 149 cm³/mol. The van der Waals surface area contributed by atoms with Crippen LogP contribution in [0, 0.1) is 0 Å². The van der Waals surface area contributed by atoms with Crippen LogP contribution in [0.15, 0.2) is 18.2 Å². The molecule has 1 unspecified atom stereocenters. The molecule has 41 heavy (non-hydrogen) atoms. The quantitative estimate of drug-likeness (QED) is 0.158. The van der Waals surface area contributed by atoms with Gasteiger partial charge in [0, 0.05) is 0 Å². The van der Waals surface area contributed by atoms with Crippen molar-refractivity contribution in [3.63, 3.8) is 0 Å². The minimum atomic E-state index is -1.10. The molecule has 0 aromatic heterocycles. The Bertz CT molecular complexity index is 1040. The third kappa shape index (κ3) is 13.6. The van der Waals surface area contributed by atoms with Gasteiger partial charge in [-0.2, -0.15) is 0 Å². The van der Waals surface area contributed by atoms with Crippen LogP contribution in [0.1, 0.15) is 87.1 Å². The molecule has 0 amide bonds. The van der Waals surface area contributed by atoms with Crippen molar-refractivity contribution < 1.29 is 52.3 Å². The van der Waals surface area contributed by atoms with Crippen LogP contribution >= 0.6 is 0 Å². The normalized spacial score (nSPS) is 13.7. The molecule has 0 aliphatic rings. The first-order valence-electron chi connectivity index (χ1n) is 13.7. The molecule has 0 spiro atoms. The summed E-state index contributed by atoms with van der Waals surface area (Å²) in [6, 6.07) is 3.23. The standard InChI is InChI=1S/C29H45NO11/c1-10-18(4)36-25(32)37-19(5)17-35-24(31)21(30)15-20-13-14-22(38-26(33)40-28(6,7)11-2)23(16-20)39-27(34)41-29(8,9)12-3/h13-14,16,18-19,21H,10-12,15,17,30H2,1-9H3/t18?,19-,21-/m0/s1. The van der Waals surface area contributed by atoms with E-state index in [4.69, 9.17) is 38.9 Å². The van der Waals surface area contributed by atoms with E-state index in [9.17, 15) is 19.2 Å². The van der Waals surface area contributed by atoms with E-state index < -0.39 is 47.8 Å². The Morgan fingerprint density at radius 2 is 1.29 bits per heavy atom. The first kappa shape index (κ1) is 35.5. The summed E-state index contributed by atoms with van der Waals surface area (Å²) in [6.07, 6.45) is -2.21. The molecule has 0 aliphatic heterocycles. The van der Waals surface area contributed by atoms with Crippen molar-refractivity contribution in [3.8, 4) is 11.5 Å². The number of benzene rings is 1. The van der Waals surface area contributed by atoms with Crippen LogP contribution in [0.2, 0.25) is 0 Å². The second-order valence-electron chi connectivity index (χ2n) is 10.9. The average molecular weight is 584 g/mol. The number of hydrogen-bond acceptors (Lipinski definition) is 12. The lowest BCUT2D eigenvalue weighted by molar-refractivity contribution is -0.148. The van der Waals surface area contributed by atoms with Crippen molar-refractivity contribution >= 4 is 24.4 Å². The van der Waals surface area contributed by atoms with E-state index in [1.807, 2.05) is 20.8 Å². The van der Waals surface area contributed by atoms with E-state index in [1.165, 1.54) is 12.1 Å². The lowest BCUT2D eigenvalue weighted by Gasteiger charge is -2.24.